The fraction of sp³-hybridized carbons (Fsp3) is 0.364. The SMILES string of the molecule is N#CCS(=O)(=O)Nc1ccc2c(c1)NCCC2. The maximum Gasteiger partial charge on any atom is 0.246 e. The number of fused-ring (bicyclic) bond motifs is 1. The molecular weight excluding hydrogens is 238 g/mol. The maximum absolute atomic E-state index is 11.4. The second kappa shape index (κ2) is 4.63. The Hall–Kier alpha value is -1.74. The molecule has 17 heavy (non-hydrogen) atoms. The zero-order chi connectivity index (χ0) is 12.3. The van der Waals surface area contributed by atoms with Crippen molar-refractivity contribution in [1.82, 2.24) is 0 Å². The molecule has 5 nitrogen and oxygen atoms in total. The molecule has 0 bridgehead atoms. The predicted octanol–water partition coefficient (Wildman–Crippen LogP) is 1.31. The van der Waals surface area contributed by atoms with E-state index in [0.29, 0.717) is 5.69 Å². The first-order chi connectivity index (χ1) is 8.11. The number of nitriles is 1. The number of sulfonamides is 1. The molecule has 0 fully saturated rings. The average molecular weight is 251 g/mol. The lowest BCUT2D eigenvalue weighted by Crippen LogP contribution is -2.17. The highest BCUT2D eigenvalue weighted by atomic mass is 32.2. The highest BCUT2D eigenvalue weighted by Gasteiger charge is 2.12. The first-order valence-corrected chi connectivity index (χ1v) is 7.00. The molecule has 2 N–H and O–H groups in total. The van der Waals surface area contributed by atoms with Gasteiger partial charge in [-0.25, -0.2) is 8.42 Å². The van der Waals surface area contributed by atoms with Gasteiger partial charge in [-0.3, -0.25) is 4.72 Å². The van der Waals surface area contributed by atoms with Gasteiger partial charge in [-0.2, -0.15) is 5.26 Å². The Balaban J connectivity index is 2.21. The lowest BCUT2D eigenvalue weighted by atomic mass is 10.0. The van der Waals surface area contributed by atoms with Crippen LogP contribution in [0, 0.1) is 11.3 Å². The van der Waals surface area contributed by atoms with Crippen LogP contribution in [-0.2, 0) is 16.4 Å². The molecule has 0 aliphatic carbocycles. The van der Waals surface area contributed by atoms with Gasteiger partial charge in [0.25, 0.3) is 0 Å². The summed E-state index contributed by atoms with van der Waals surface area (Å²) in [5.74, 6) is -0.530. The van der Waals surface area contributed by atoms with Gasteiger partial charge in [0.1, 0.15) is 0 Å². The third-order valence-corrected chi connectivity index (χ3v) is 3.63. The molecule has 0 unspecified atom stereocenters. The predicted molar refractivity (Wildman–Crippen MR) is 66.3 cm³/mol. The van der Waals surface area contributed by atoms with Gasteiger partial charge in [-0.1, -0.05) is 6.07 Å². The van der Waals surface area contributed by atoms with E-state index in [1.54, 1.807) is 18.2 Å². The van der Waals surface area contributed by atoms with Crippen molar-refractivity contribution in [2.24, 2.45) is 0 Å². The molecule has 1 heterocycles. The van der Waals surface area contributed by atoms with Gasteiger partial charge < -0.3 is 5.32 Å². The second-order valence-corrected chi connectivity index (χ2v) is 5.64. The first-order valence-electron chi connectivity index (χ1n) is 5.35. The van der Waals surface area contributed by atoms with Crippen molar-refractivity contribution in [2.45, 2.75) is 12.8 Å². The van der Waals surface area contributed by atoms with E-state index in [1.807, 2.05) is 6.07 Å². The summed E-state index contributed by atoms with van der Waals surface area (Å²) in [7, 11) is -3.55. The smallest absolute Gasteiger partial charge is 0.246 e. The van der Waals surface area contributed by atoms with Crippen LogP contribution in [0.3, 0.4) is 0 Å². The number of rotatable bonds is 3. The topological polar surface area (TPSA) is 82.0 Å². The minimum atomic E-state index is -3.55. The van der Waals surface area contributed by atoms with Crippen LogP contribution in [0.15, 0.2) is 18.2 Å². The lowest BCUT2D eigenvalue weighted by molar-refractivity contribution is 0.604. The Kier molecular flexibility index (Phi) is 3.20. The molecule has 0 amide bonds. The Morgan fingerprint density at radius 2 is 2.29 bits per heavy atom. The number of anilines is 2. The fourth-order valence-corrected chi connectivity index (χ4v) is 2.55. The minimum Gasteiger partial charge on any atom is -0.385 e. The van der Waals surface area contributed by atoms with Crippen molar-refractivity contribution in [3.05, 3.63) is 23.8 Å². The van der Waals surface area contributed by atoms with Crippen molar-refractivity contribution in [2.75, 3.05) is 22.3 Å². The molecule has 0 saturated carbocycles. The Bertz CT molecular complexity index is 561. The van der Waals surface area contributed by atoms with Crippen LogP contribution in [0.2, 0.25) is 0 Å². The van der Waals surface area contributed by atoms with Crippen LogP contribution in [0.1, 0.15) is 12.0 Å². The Morgan fingerprint density at radius 1 is 1.47 bits per heavy atom. The van der Waals surface area contributed by atoms with Gasteiger partial charge in [0.15, 0.2) is 5.75 Å². The van der Waals surface area contributed by atoms with Crippen LogP contribution < -0.4 is 10.0 Å². The van der Waals surface area contributed by atoms with E-state index >= 15 is 0 Å². The van der Waals surface area contributed by atoms with Gasteiger partial charge in [-0.05, 0) is 30.5 Å². The minimum absolute atomic E-state index is 0.494. The lowest BCUT2D eigenvalue weighted by Gasteiger charge is -2.18. The average Bonchev–Trinajstić information content (AvgIpc) is 2.28. The van der Waals surface area contributed by atoms with Crippen molar-refractivity contribution >= 4 is 21.4 Å². The largest absolute Gasteiger partial charge is 0.385 e. The molecule has 0 spiro atoms. The molecule has 0 atom stereocenters. The zero-order valence-corrected chi connectivity index (χ0v) is 10.0. The second-order valence-electron chi connectivity index (χ2n) is 3.92. The standard InChI is InChI=1S/C11H13N3O2S/c12-5-7-17(15,16)14-10-4-3-9-2-1-6-13-11(9)8-10/h3-4,8,13-14H,1-2,6-7H2. The normalized spacial score (nSPS) is 14.3. The van der Waals surface area contributed by atoms with E-state index in [-0.39, 0.29) is 0 Å². The molecule has 1 aromatic carbocycles. The molecular formula is C11H13N3O2S. The molecule has 0 saturated heterocycles. The van der Waals surface area contributed by atoms with Gasteiger partial charge in [0, 0.05) is 12.2 Å². The molecule has 0 radical (unpaired) electrons. The summed E-state index contributed by atoms with van der Waals surface area (Å²) in [6.07, 6.45) is 2.10. The monoisotopic (exact) mass is 251 g/mol. The van der Waals surface area contributed by atoms with E-state index in [2.05, 4.69) is 10.0 Å². The van der Waals surface area contributed by atoms with E-state index in [1.165, 1.54) is 5.56 Å². The van der Waals surface area contributed by atoms with Crippen molar-refractivity contribution in [1.29, 1.82) is 5.26 Å². The Labute approximate surface area is 101 Å². The summed E-state index contributed by atoms with van der Waals surface area (Å²) < 4.78 is 25.2. The third kappa shape index (κ3) is 2.88. The van der Waals surface area contributed by atoms with Crippen LogP contribution >= 0.6 is 0 Å². The van der Waals surface area contributed by atoms with Crippen LogP contribution in [-0.4, -0.2) is 20.7 Å². The molecule has 2 rings (SSSR count). The van der Waals surface area contributed by atoms with Crippen LogP contribution in [0.4, 0.5) is 11.4 Å². The van der Waals surface area contributed by atoms with E-state index in [0.717, 1.165) is 25.1 Å². The highest BCUT2D eigenvalue weighted by Crippen LogP contribution is 2.25. The number of hydrogen-bond donors (Lipinski definition) is 2. The summed E-state index contributed by atoms with van der Waals surface area (Å²) >= 11 is 0. The first kappa shape index (κ1) is 11.7. The van der Waals surface area contributed by atoms with Crippen LogP contribution in [0.5, 0.6) is 0 Å². The number of aryl methyl sites for hydroxylation is 1. The van der Waals surface area contributed by atoms with Crippen LogP contribution in [0.25, 0.3) is 0 Å². The summed E-state index contributed by atoms with van der Waals surface area (Å²) in [5.41, 5.74) is 2.65. The molecule has 0 aromatic heterocycles. The van der Waals surface area contributed by atoms with E-state index in [4.69, 9.17) is 5.26 Å². The van der Waals surface area contributed by atoms with Crippen molar-refractivity contribution in [3.8, 4) is 6.07 Å². The molecule has 1 aliphatic rings. The van der Waals surface area contributed by atoms with Gasteiger partial charge in [0.2, 0.25) is 10.0 Å². The number of hydrogen-bond acceptors (Lipinski definition) is 4. The quantitative estimate of drug-likeness (QED) is 0.848. The number of nitrogens with one attached hydrogen (secondary N) is 2. The molecule has 90 valence electrons. The summed E-state index contributed by atoms with van der Waals surface area (Å²) in [6.45, 7) is 0.904. The fourth-order valence-electron chi connectivity index (χ4n) is 1.83. The Morgan fingerprint density at radius 3 is 3.06 bits per heavy atom. The summed E-state index contributed by atoms with van der Waals surface area (Å²) in [4.78, 5) is 0. The van der Waals surface area contributed by atoms with E-state index in [9.17, 15) is 8.42 Å². The van der Waals surface area contributed by atoms with Gasteiger partial charge in [-0.15, -0.1) is 0 Å². The maximum atomic E-state index is 11.4. The molecule has 1 aliphatic heterocycles. The van der Waals surface area contributed by atoms with Crippen molar-refractivity contribution < 1.29 is 8.42 Å². The number of benzene rings is 1. The van der Waals surface area contributed by atoms with E-state index < -0.39 is 15.8 Å². The molecule has 1 aromatic rings. The van der Waals surface area contributed by atoms with Gasteiger partial charge in [0.05, 0.1) is 11.8 Å². The van der Waals surface area contributed by atoms with Gasteiger partial charge >= 0.3 is 0 Å². The zero-order valence-electron chi connectivity index (χ0n) is 9.23. The third-order valence-electron chi connectivity index (χ3n) is 2.58. The summed E-state index contributed by atoms with van der Waals surface area (Å²) in [6, 6.07) is 7.02. The highest BCUT2D eigenvalue weighted by molar-refractivity contribution is 7.92. The van der Waals surface area contributed by atoms with Crippen molar-refractivity contribution in [3.63, 3.8) is 0 Å². The molecule has 6 heteroatoms. The summed E-state index contributed by atoms with van der Waals surface area (Å²) in [5, 5.41) is 11.6. The number of nitrogens with zero attached hydrogens (tertiary/aromatic N) is 1.